The molecule has 0 aliphatic carbocycles. The molecular formula is C27H26ClOP. The van der Waals surface area contributed by atoms with E-state index in [1.54, 1.807) is 0 Å². The van der Waals surface area contributed by atoms with Crippen molar-refractivity contribution in [3.8, 4) is 5.75 Å². The fraction of sp³-hybridized carbons (Fsp3) is 0.111. The van der Waals surface area contributed by atoms with Crippen molar-refractivity contribution in [3.63, 3.8) is 0 Å². The third-order valence-corrected chi connectivity index (χ3v) is 9.82. The fourth-order valence-corrected chi connectivity index (χ4v) is 6.84. The predicted molar refractivity (Wildman–Crippen MR) is 131 cm³/mol. The SMILES string of the molecule is C[P+](c1ccccc1)(c1ccccc1)c1ccccc1.Cc1cc([O-])cc(C)c1Cl. The fourth-order valence-electron chi connectivity index (χ4n) is 3.53. The summed E-state index contributed by atoms with van der Waals surface area (Å²) in [4.78, 5) is 0. The third-order valence-electron chi connectivity index (χ3n) is 5.23. The van der Waals surface area contributed by atoms with Gasteiger partial charge >= 0.3 is 0 Å². The maximum Gasteiger partial charge on any atom is 0.109 e. The van der Waals surface area contributed by atoms with Crippen LogP contribution < -0.4 is 21.0 Å². The van der Waals surface area contributed by atoms with Gasteiger partial charge in [-0.05, 0) is 61.4 Å². The lowest BCUT2D eigenvalue weighted by atomic mass is 10.1. The van der Waals surface area contributed by atoms with E-state index in [9.17, 15) is 5.11 Å². The van der Waals surface area contributed by atoms with E-state index < -0.39 is 7.26 Å². The van der Waals surface area contributed by atoms with E-state index in [1.165, 1.54) is 28.0 Å². The summed E-state index contributed by atoms with van der Waals surface area (Å²) in [5, 5.41) is 15.8. The Balaban J connectivity index is 0.000000216. The lowest BCUT2D eigenvalue weighted by Gasteiger charge is -2.22. The second kappa shape index (κ2) is 9.94. The normalized spacial score (nSPS) is 10.8. The zero-order chi connectivity index (χ0) is 21.6. The Bertz CT molecular complexity index is 960. The Hall–Kier alpha value is -2.60. The molecular weight excluding hydrogens is 407 g/mol. The summed E-state index contributed by atoms with van der Waals surface area (Å²) in [5.41, 5.74) is 1.71. The Morgan fingerprint density at radius 3 is 1.20 bits per heavy atom. The highest BCUT2D eigenvalue weighted by Gasteiger charge is 2.39. The van der Waals surface area contributed by atoms with Gasteiger partial charge in [0, 0.05) is 5.02 Å². The predicted octanol–water partition coefficient (Wildman–Crippen LogP) is 5.64. The van der Waals surface area contributed by atoms with Gasteiger partial charge in [-0.15, -0.1) is 5.75 Å². The topological polar surface area (TPSA) is 23.1 Å². The van der Waals surface area contributed by atoms with E-state index in [2.05, 4.69) is 97.7 Å². The number of rotatable bonds is 3. The van der Waals surface area contributed by atoms with Crippen LogP contribution in [0.5, 0.6) is 5.75 Å². The summed E-state index contributed by atoms with van der Waals surface area (Å²) in [6, 6.07) is 35.7. The van der Waals surface area contributed by atoms with Gasteiger partial charge in [0.25, 0.3) is 0 Å². The maximum absolute atomic E-state index is 10.8. The van der Waals surface area contributed by atoms with E-state index in [-0.39, 0.29) is 5.75 Å². The van der Waals surface area contributed by atoms with Gasteiger partial charge in [-0.3, -0.25) is 0 Å². The quantitative estimate of drug-likeness (QED) is 0.384. The minimum atomic E-state index is -1.53. The molecule has 0 saturated heterocycles. The van der Waals surface area contributed by atoms with Crippen molar-refractivity contribution in [3.05, 3.63) is 119 Å². The second-order valence-electron chi connectivity index (χ2n) is 7.38. The molecule has 0 radical (unpaired) electrons. The van der Waals surface area contributed by atoms with Gasteiger partial charge in [-0.1, -0.05) is 78.3 Å². The van der Waals surface area contributed by atoms with Crippen LogP contribution in [-0.4, -0.2) is 6.66 Å². The van der Waals surface area contributed by atoms with Crippen LogP contribution in [0, 0.1) is 13.8 Å². The number of hydrogen-bond donors (Lipinski definition) is 0. The third kappa shape index (κ3) is 4.93. The summed E-state index contributed by atoms with van der Waals surface area (Å²) < 4.78 is 0. The first-order valence-electron chi connectivity index (χ1n) is 9.90. The van der Waals surface area contributed by atoms with Crippen LogP contribution in [0.4, 0.5) is 0 Å². The van der Waals surface area contributed by atoms with Gasteiger partial charge in [0.05, 0.1) is 6.66 Å². The van der Waals surface area contributed by atoms with Crippen molar-refractivity contribution >= 4 is 34.8 Å². The molecule has 0 aliphatic rings. The molecule has 4 aromatic carbocycles. The molecule has 0 N–H and O–H groups in total. The van der Waals surface area contributed by atoms with Crippen LogP contribution in [0.3, 0.4) is 0 Å². The lowest BCUT2D eigenvalue weighted by Crippen LogP contribution is -2.30. The molecule has 0 atom stereocenters. The first kappa shape index (κ1) is 22.1. The van der Waals surface area contributed by atoms with Crippen molar-refractivity contribution in [1.82, 2.24) is 0 Å². The molecule has 0 aromatic heterocycles. The Kier molecular flexibility index (Phi) is 7.32. The second-order valence-corrected chi connectivity index (χ2v) is 11.3. The maximum atomic E-state index is 10.8. The average molecular weight is 433 g/mol. The van der Waals surface area contributed by atoms with Crippen LogP contribution in [-0.2, 0) is 0 Å². The molecule has 152 valence electrons. The minimum absolute atomic E-state index is 0.0272. The van der Waals surface area contributed by atoms with Crippen LogP contribution >= 0.6 is 18.9 Å². The molecule has 3 heteroatoms. The lowest BCUT2D eigenvalue weighted by molar-refractivity contribution is -0.268. The molecule has 0 fully saturated rings. The van der Waals surface area contributed by atoms with Crippen molar-refractivity contribution in [2.75, 3.05) is 6.66 Å². The van der Waals surface area contributed by atoms with Gasteiger partial charge in [0.2, 0.25) is 0 Å². The molecule has 4 aromatic rings. The molecule has 0 heterocycles. The summed E-state index contributed by atoms with van der Waals surface area (Å²) in [6.07, 6.45) is 0. The molecule has 0 spiro atoms. The summed E-state index contributed by atoms with van der Waals surface area (Å²) in [6.45, 7) is 6.07. The van der Waals surface area contributed by atoms with Crippen LogP contribution in [0.2, 0.25) is 5.02 Å². The molecule has 1 nitrogen and oxygen atoms in total. The van der Waals surface area contributed by atoms with Crippen LogP contribution in [0.1, 0.15) is 11.1 Å². The molecule has 30 heavy (non-hydrogen) atoms. The molecule has 0 saturated carbocycles. The largest absolute Gasteiger partial charge is 0.872 e. The van der Waals surface area contributed by atoms with E-state index in [1.807, 2.05) is 13.8 Å². The number of benzene rings is 4. The van der Waals surface area contributed by atoms with Crippen molar-refractivity contribution in [2.45, 2.75) is 13.8 Å². The zero-order valence-corrected chi connectivity index (χ0v) is 19.2. The van der Waals surface area contributed by atoms with Crippen molar-refractivity contribution in [2.24, 2.45) is 0 Å². The van der Waals surface area contributed by atoms with Gasteiger partial charge in [-0.2, -0.15) is 0 Å². The number of aryl methyl sites for hydroxylation is 2. The van der Waals surface area contributed by atoms with E-state index in [4.69, 9.17) is 11.6 Å². The Labute approximate surface area is 185 Å². The van der Waals surface area contributed by atoms with E-state index in [0.29, 0.717) is 5.02 Å². The number of hydrogen-bond acceptors (Lipinski definition) is 1. The average Bonchev–Trinajstić information content (AvgIpc) is 2.79. The van der Waals surface area contributed by atoms with Gasteiger partial charge in [-0.25, -0.2) is 0 Å². The molecule has 0 unspecified atom stereocenters. The zero-order valence-electron chi connectivity index (χ0n) is 17.5. The highest BCUT2D eigenvalue weighted by Crippen LogP contribution is 2.51. The van der Waals surface area contributed by atoms with Gasteiger partial charge < -0.3 is 5.11 Å². The van der Waals surface area contributed by atoms with E-state index >= 15 is 0 Å². The highest BCUT2D eigenvalue weighted by molar-refractivity contribution is 7.95. The standard InChI is InChI=1S/C19H18P.C8H9ClO/c1-20(17-11-5-2-6-12-17,18-13-7-3-8-14-18)19-15-9-4-10-16-19;1-5-3-7(10)4-6(2)8(5)9/h2-16H,1H3;3-4,10H,1-2H3/q+1;/p-1. The minimum Gasteiger partial charge on any atom is -0.872 e. The van der Waals surface area contributed by atoms with Crippen LogP contribution in [0.25, 0.3) is 0 Å². The van der Waals surface area contributed by atoms with Crippen molar-refractivity contribution < 1.29 is 5.11 Å². The smallest absolute Gasteiger partial charge is 0.109 e. The molecule has 0 bridgehead atoms. The Morgan fingerprint density at radius 2 is 0.900 bits per heavy atom. The molecule has 0 amide bonds. The highest BCUT2D eigenvalue weighted by atomic mass is 35.5. The molecule has 4 rings (SSSR count). The molecule has 0 aliphatic heterocycles. The van der Waals surface area contributed by atoms with Crippen LogP contribution in [0.15, 0.2) is 103 Å². The first-order valence-corrected chi connectivity index (χ1v) is 12.5. The van der Waals surface area contributed by atoms with Gasteiger partial charge in [0.1, 0.15) is 23.2 Å². The number of halogens is 1. The first-order chi connectivity index (χ1) is 14.4. The van der Waals surface area contributed by atoms with Crippen molar-refractivity contribution in [1.29, 1.82) is 0 Å². The Morgan fingerprint density at radius 1 is 0.600 bits per heavy atom. The van der Waals surface area contributed by atoms with E-state index in [0.717, 1.165) is 11.1 Å². The summed E-state index contributed by atoms with van der Waals surface area (Å²) in [7, 11) is -1.53. The summed E-state index contributed by atoms with van der Waals surface area (Å²) in [5.74, 6) is 0.0272. The van der Waals surface area contributed by atoms with Gasteiger partial charge in [0.15, 0.2) is 0 Å². The monoisotopic (exact) mass is 432 g/mol. The summed E-state index contributed by atoms with van der Waals surface area (Å²) >= 11 is 5.81.